The zero-order chi connectivity index (χ0) is 23.3. The minimum atomic E-state index is -0.706. The van der Waals surface area contributed by atoms with Crippen molar-refractivity contribution in [3.05, 3.63) is 58.1 Å². The largest absolute Gasteiger partial charge is 0.452 e. The van der Waals surface area contributed by atoms with E-state index < -0.39 is 18.5 Å². The number of anilines is 2. The maximum Gasteiger partial charge on any atom is 0.338 e. The van der Waals surface area contributed by atoms with E-state index in [0.29, 0.717) is 23.2 Å². The summed E-state index contributed by atoms with van der Waals surface area (Å²) < 4.78 is 5.06. The van der Waals surface area contributed by atoms with Gasteiger partial charge in [0.15, 0.2) is 6.61 Å². The van der Waals surface area contributed by atoms with Gasteiger partial charge in [0, 0.05) is 0 Å². The summed E-state index contributed by atoms with van der Waals surface area (Å²) in [6.45, 7) is -0.515. The Balaban J connectivity index is 1.20. The van der Waals surface area contributed by atoms with Crippen molar-refractivity contribution >= 4 is 58.3 Å². The molecule has 4 atom stereocenters. The van der Waals surface area contributed by atoms with Gasteiger partial charge in [-0.3, -0.25) is 19.3 Å². The summed E-state index contributed by atoms with van der Waals surface area (Å²) in [6.07, 6.45) is 3.00. The van der Waals surface area contributed by atoms with Gasteiger partial charge in [0.05, 0.1) is 38.8 Å². The molecule has 2 aliphatic carbocycles. The predicted octanol–water partition coefficient (Wildman–Crippen LogP) is 4.32. The first-order valence-corrected chi connectivity index (χ1v) is 11.5. The van der Waals surface area contributed by atoms with Gasteiger partial charge >= 0.3 is 5.97 Å². The van der Waals surface area contributed by atoms with Crippen LogP contribution in [0.15, 0.2) is 42.5 Å². The van der Waals surface area contributed by atoms with E-state index in [0.717, 1.165) is 19.3 Å². The van der Waals surface area contributed by atoms with E-state index >= 15 is 0 Å². The number of fused-ring (bicyclic) bond motifs is 5. The second-order valence-corrected chi connectivity index (χ2v) is 9.45. The third-order valence-corrected chi connectivity index (χ3v) is 7.67. The highest BCUT2D eigenvalue weighted by Gasteiger charge is 2.61. The molecular formula is C24H20Cl2N2O5. The predicted molar refractivity (Wildman–Crippen MR) is 122 cm³/mol. The molecule has 0 spiro atoms. The number of ether oxygens (including phenoxy) is 1. The molecule has 33 heavy (non-hydrogen) atoms. The van der Waals surface area contributed by atoms with Crippen LogP contribution in [0.1, 0.15) is 29.6 Å². The summed E-state index contributed by atoms with van der Waals surface area (Å²) in [5, 5.41) is 3.01. The number of nitrogens with zero attached hydrogens (tertiary/aromatic N) is 1. The van der Waals surface area contributed by atoms with Crippen LogP contribution in [0.25, 0.3) is 0 Å². The van der Waals surface area contributed by atoms with Crippen LogP contribution < -0.4 is 10.2 Å². The Hall–Kier alpha value is -2.90. The lowest BCUT2D eigenvalue weighted by Crippen LogP contribution is -2.32. The average Bonchev–Trinajstić information content (AvgIpc) is 3.49. The molecule has 5 rings (SSSR count). The molecule has 2 aromatic rings. The molecule has 3 amide bonds. The summed E-state index contributed by atoms with van der Waals surface area (Å²) >= 11 is 11.9. The molecule has 2 saturated carbocycles. The highest BCUT2D eigenvalue weighted by molar-refractivity contribution is 6.44. The van der Waals surface area contributed by atoms with E-state index in [1.54, 1.807) is 30.3 Å². The Morgan fingerprint density at radius 1 is 0.970 bits per heavy atom. The van der Waals surface area contributed by atoms with Crippen molar-refractivity contribution in [2.75, 3.05) is 16.8 Å². The van der Waals surface area contributed by atoms with E-state index in [1.807, 2.05) is 0 Å². The highest BCUT2D eigenvalue weighted by Crippen LogP contribution is 2.56. The van der Waals surface area contributed by atoms with Gasteiger partial charge in [0.2, 0.25) is 11.8 Å². The van der Waals surface area contributed by atoms with Crippen molar-refractivity contribution in [2.45, 2.75) is 19.3 Å². The Kier molecular flexibility index (Phi) is 5.62. The number of esters is 1. The average molecular weight is 487 g/mol. The van der Waals surface area contributed by atoms with E-state index in [2.05, 4.69) is 5.32 Å². The van der Waals surface area contributed by atoms with Crippen LogP contribution in [-0.2, 0) is 19.1 Å². The molecule has 2 bridgehead atoms. The van der Waals surface area contributed by atoms with Gasteiger partial charge in [-0.25, -0.2) is 4.79 Å². The molecule has 0 unspecified atom stereocenters. The molecule has 1 saturated heterocycles. The first kappa shape index (κ1) is 21.9. The number of benzene rings is 2. The fourth-order valence-electron chi connectivity index (χ4n) is 5.41. The number of rotatable bonds is 5. The fourth-order valence-corrected chi connectivity index (χ4v) is 5.76. The molecule has 3 aliphatic rings. The molecule has 3 fully saturated rings. The number of nitrogens with one attached hydrogen (secondary N) is 1. The summed E-state index contributed by atoms with van der Waals surface area (Å²) in [7, 11) is 0. The van der Waals surface area contributed by atoms with Gasteiger partial charge in [-0.05, 0) is 67.5 Å². The third kappa shape index (κ3) is 3.79. The second-order valence-electron chi connectivity index (χ2n) is 8.67. The number of hydrogen-bond donors (Lipinski definition) is 1. The topological polar surface area (TPSA) is 92.8 Å². The van der Waals surface area contributed by atoms with Crippen LogP contribution in [0.2, 0.25) is 10.0 Å². The lowest BCUT2D eigenvalue weighted by atomic mass is 9.81. The lowest BCUT2D eigenvalue weighted by molar-refractivity contribution is -0.123. The number of amides is 3. The molecule has 0 aromatic heterocycles. The van der Waals surface area contributed by atoms with Gasteiger partial charge in [-0.2, -0.15) is 0 Å². The molecule has 1 N–H and O–H groups in total. The first-order valence-electron chi connectivity index (χ1n) is 10.7. The van der Waals surface area contributed by atoms with Crippen LogP contribution in [0, 0.1) is 23.7 Å². The SMILES string of the molecule is O=C(COC(=O)c1ccc(N2C(=O)[C@@H]3[C@H]4CC[C@@H](C4)[C@@H]3C2=O)cc1)Nc1cccc(Cl)c1Cl. The molecule has 170 valence electrons. The smallest absolute Gasteiger partial charge is 0.338 e. The zero-order valence-corrected chi connectivity index (χ0v) is 18.9. The summed E-state index contributed by atoms with van der Waals surface area (Å²) in [4.78, 5) is 51.6. The highest BCUT2D eigenvalue weighted by atomic mass is 35.5. The van der Waals surface area contributed by atoms with Crippen LogP contribution in [0.3, 0.4) is 0 Å². The Morgan fingerprint density at radius 3 is 2.24 bits per heavy atom. The van der Waals surface area contributed by atoms with Gasteiger partial charge in [-0.15, -0.1) is 0 Å². The van der Waals surface area contributed by atoms with Crippen molar-refractivity contribution in [1.82, 2.24) is 0 Å². The normalized spacial score (nSPS) is 25.3. The molecule has 2 aromatic carbocycles. The van der Waals surface area contributed by atoms with Gasteiger partial charge in [-0.1, -0.05) is 29.3 Å². The van der Waals surface area contributed by atoms with Crippen LogP contribution in [-0.4, -0.2) is 30.3 Å². The van der Waals surface area contributed by atoms with Crippen molar-refractivity contribution in [1.29, 1.82) is 0 Å². The minimum absolute atomic E-state index is 0.135. The van der Waals surface area contributed by atoms with Gasteiger partial charge in [0.25, 0.3) is 5.91 Å². The Morgan fingerprint density at radius 2 is 1.61 bits per heavy atom. The van der Waals surface area contributed by atoms with Crippen molar-refractivity contribution in [3.63, 3.8) is 0 Å². The second kappa shape index (κ2) is 8.47. The van der Waals surface area contributed by atoms with Crippen molar-refractivity contribution in [3.8, 4) is 0 Å². The van der Waals surface area contributed by atoms with Crippen LogP contribution >= 0.6 is 23.2 Å². The van der Waals surface area contributed by atoms with Crippen LogP contribution in [0.4, 0.5) is 11.4 Å². The monoisotopic (exact) mass is 486 g/mol. The van der Waals surface area contributed by atoms with E-state index in [-0.39, 0.29) is 39.3 Å². The third-order valence-electron chi connectivity index (χ3n) is 6.85. The number of carbonyl (C=O) groups excluding carboxylic acids is 4. The number of carbonyl (C=O) groups is 4. The standard InChI is InChI=1S/C24H20Cl2N2O5/c25-16-2-1-3-17(21(16)26)27-18(29)11-33-24(32)12-6-8-15(9-7-12)28-22(30)19-13-4-5-14(10-13)20(19)23(28)31/h1-3,6-9,13-14,19-20H,4-5,10-11H2,(H,27,29)/t13-,14-,19-,20+/m0/s1. The Bertz CT molecular complexity index is 1140. The first-order chi connectivity index (χ1) is 15.8. The molecule has 1 aliphatic heterocycles. The lowest BCUT2D eigenvalue weighted by Gasteiger charge is -2.19. The summed E-state index contributed by atoms with van der Waals surface area (Å²) in [5.41, 5.74) is 0.961. The Labute approximate surface area is 200 Å². The zero-order valence-electron chi connectivity index (χ0n) is 17.4. The molecule has 9 heteroatoms. The molecule has 7 nitrogen and oxygen atoms in total. The molecular weight excluding hydrogens is 467 g/mol. The van der Waals surface area contributed by atoms with E-state index in [1.165, 1.54) is 17.0 Å². The maximum atomic E-state index is 12.9. The van der Waals surface area contributed by atoms with Crippen molar-refractivity contribution in [2.24, 2.45) is 23.7 Å². The van der Waals surface area contributed by atoms with E-state index in [9.17, 15) is 19.2 Å². The van der Waals surface area contributed by atoms with Crippen LogP contribution in [0.5, 0.6) is 0 Å². The molecule has 0 radical (unpaired) electrons. The van der Waals surface area contributed by atoms with Gasteiger partial charge in [0.1, 0.15) is 0 Å². The summed E-state index contributed by atoms with van der Waals surface area (Å²) in [6, 6.07) is 10.9. The summed E-state index contributed by atoms with van der Waals surface area (Å²) in [5.74, 6) is -1.33. The minimum Gasteiger partial charge on any atom is -0.452 e. The quantitative estimate of drug-likeness (QED) is 0.501. The maximum absolute atomic E-state index is 12.9. The number of imide groups is 1. The van der Waals surface area contributed by atoms with Gasteiger partial charge < -0.3 is 10.1 Å². The van der Waals surface area contributed by atoms with Crippen molar-refractivity contribution < 1.29 is 23.9 Å². The fraction of sp³-hybridized carbons (Fsp3) is 0.333. The number of halogens is 2. The number of hydrogen-bond acceptors (Lipinski definition) is 5. The molecule has 1 heterocycles. The van der Waals surface area contributed by atoms with E-state index in [4.69, 9.17) is 27.9 Å².